The maximum atomic E-state index is 13.4. The maximum Gasteiger partial charge on any atom is 0.325 e. The summed E-state index contributed by atoms with van der Waals surface area (Å²) in [4.78, 5) is 41.7. The lowest BCUT2D eigenvalue weighted by molar-refractivity contribution is -0.136. The Morgan fingerprint density at radius 2 is 2.00 bits per heavy atom. The highest BCUT2D eigenvalue weighted by atomic mass is 16.5. The summed E-state index contributed by atoms with van der Waals surface area (Å²) < 4.78 is 5.64. The van der Waals surface area contributed by atoms with Crippen molar-refractivity contribution in [1.82, 2.24) is 15.1 Å². The maximum absolute atomic E-state index is 13.4. The molecule has 1 N–H and O–H groups in total. The number of allylic oxidation sites excluding steroid dienone is 1. The molecule has 0 aliphatic carbocycles. The topological polar surface area (TPSA) is 79.0 Å². The zero-order valence-corrected chi connectivity index (χ0v) is 18.0. The Kier molecular flexibility index (Phi) is 6.98. The second-order valence-electron chi connectivity index (χ2n) is 8.90. The van der Waals surface area contributed by atoms with Crippen LogP contribution < -0.4 is 5.32 Å². The summed E-state index contributed by atoms with van der Waals surface area (Å²) in [6.45, 7) is 8.40. The number of nitrogens with zero attached hydrogens (tertiary/aromatic N) is 2. The Bertz CT molecular complexity index is 648. The van der Waals surface area contributed by atoms with Crippen LogP contribution in [0.15, 0.2) is 12.2 Å². The number of carbonyl (C=O) groups excluding carboxylic acids is 3. The molecule has 4 amide bonds. The third kappa shape index (κ3) is 4.65. The molecule has 3 rings (SSSR count). The number of imide groups is 1. The number of urea groups is 1. The normalized spacial score (nSPS) is 28.8. The van der Waals surface area contributed by atoms with Gasteiger partial charge in [-0.25, -0.2) is 4.79 Å². The molecular formula is C22H35N3O4. The third-order valence-corrected chi connectivity index (χ3v) is 6.38. The molecule has 0 bridgehead atoms. The molecule has 7 heteroatoms. The molecule has 3 aliphatic heterocycles. The summed E-state index contributed by atoms with van der Waals surface area (Å²) in [5.41, 5.74) is -0.840. The highest BCUT2D eigenvalue weighted by molar-refractivity contribution is 6.07. The number of amides is 4. The van der Waals surface area contributed by atoms with Gasteiger partial charge in [-0.1, -0.05) is 33.3 Å². The molecule has 162 valence electrons. The van der Waals surface area contributed by atoms with Gasteiger partial charge in [0.05, 0.1) is 12.6 Å². The summed E-state index contributed by atoms with van der Waals surface area (Å²) in [5.74, 6) is 0.310. The first-order valence-electron chi connectivity index (χ1n) is 11.1. The van der Waals surface area contributed by atoms with Crippen molar-refractivity contribution in [2.75, 3.05) is 26.2 Å². The summed E-state index contributed by atoms with van der Waals surface area (Å²) in [6, 6.07) is -0.294. The molecule has 3 heterocycles. The second kappa shape index (κ2) is 9.28. The molecule has 0 aromatic heterocycles. The highest BCUT2D eigenvalue weighted by Crippen LogP contribution is 2.37. The van der Waals surface area contributed by atoms with E-state index >= 15 is 0 Å². The largest absolute Gasteiger partial charge is 0.376 e. The van der Waals surface area contributed by atoms with Gasteiger partial charge in [-0.2, -0.15) is 0 Å². The van der Waals surface area contributed by atoms with Gasteiger partial charge in [0.15, 0.2) is 0 Å². The van der Waals surface area contributed by atoms with Crippen LogP contribution in [0.4, 0.5) is 4.79 Å². The van der Waals surface area contributed by atoms with Crippen LogP contribution in [0.25, 0.3) is 0 Å². The van der Waals surface area contributed by atoms with E-state index in [1.165, 1.54) is 4.90 Å². The van der Waals surface area contributed by atoms with Crippen LogP contribution in [0.1, 0.15) is 59.3 Å². The molecule has 0 saturated carbocycles. The molecular weight excluding hydrogens is 370 g/mol. The molecule has 0 unspecified atom stereocenters. The molecule has 0 spiro atoms. The fraction of sp³-hybridized carbons (Fsp3) is 0.773. The number of hydrogen-bond acceptors (Lipinski definition) is 4. The van der Waals surface area contributed by atoms with Crippen molar-refractivity contribution >= 4 is 17.8 Å². The van der Waals surface area contributed by atoms with E-state index in [4.69, 9.17) is 4.74 Å². The molecule has 2 atom stereocenters. The zero-order chi connectivity index (χ0) is 21.0. The van der Waals surface area contributed by atoms with Gasteiger partial charge < -0.3 is 15.0 Å². The van der Waals surface area contributed by atoms with Gasteiger partial charge >= 0.3 is 6.03 Å². The van der Waals surface area contributed by atoms with E-state index in [0.29, 0.717) is 38.6 Å². The van der Waals surface area contributed by atoms with Crippen LogP contribution in [-0.2, 0) is 14.3 Å². The molecule has 3 saturated heterocycles. The van der Waals surface area contributed by atoms with Crippen LogP contribution in [-0.4, -0.2) is 65.5 Å². The Labute approximate surface area is 173 Å². The van der Waals surface area contributed by atoms with Gasteiger partial charge in [-0.15, -0.1) is 0 Å². The van der Waals surface area contributed by atoms with Crippen molar-refractivity contribution in [3.63, 3.8) is 0 Å². The average Bonchev–Trinajstić information content (AvgIpc) is 3.30. The quantitative estimate of drug-likeness (QED) is 0.522. The Morgan fingerprint density at radius 1 is 1.28 bits per heavy atom. The van der Waals surface area contributed by atoms with Gasteiger partial charge in [0.1, 0.15) is 5.54 Å². The molecule has 0 radical (unpaired) electrons. The van der Waals surface area contributed by atoms with E-state index in [1.807, 2.05) is 31.7 Å². The van der Waals surface area contributed by atoms with Gasteiger partial charge in [0.25, 0.3) is 5.91 Å². The van der Waals surface area contributed by atoms with E-state index in [-0.39, 0.29) is 29.9 Å². The minimum atomic E-state index is -0.840. The first-order chi connectivity index (χ1) is 13.9. The summed E-state index contributed by atoms with van der Waals surface area (Å²) >= 11 is 0. The van der Waals surface area contributed by atoms with Gasteiger partial charge in [-0.05, 0) is 50.0 Å². The van der Waals surface area contributed by atoms with Crippen molar-refractivity contribution in [3.05, 3.63) is 12.2 Å². The lowest BCUT2D eigenvalue weighted by Gasteiger charge is -2.40. The molecule has 0 aromatic carbocycles. The lowest BCUT2D eigenvalue weighted by atomic mass is 9.74. The highest BCUT2D eigenvalue weighted by Gasteiger charge is 2.55. The van der Waals surface area contributed by atoms with Crippen LogP contribution in [0.2, 0.25) is 0 Å². The Balaban J connectivity index is 1.67. The van der Waals surface area contributed by atoms with E-state index in [0.717, 1.165) is 32.1 Å². The fourth-order valence-corrected chi connectivity index (χ4v) is 4.82. The number of likely N-dealkylation sites (tertiary alicyclic amines) is 1. The first-order valence-corrected chi connectivity index (χ1v) is 11.1. The predicted octanol–water partition coefficient (Wildman–Crippen LogP) is 2.71. The van der Waals surface area contributed by atoms with Crippen molar-refractivity contribution < 1.29 is 19.1 Å². The summed E-state index contributed by atoms with van der Waals surface area (Å²) in [6.07, 6.45) is 8.28. The van der Waals surface area contributed by atoms with Crippen molar-refractivity contribution in [1.29, 1.82) is 0 Å². The standard InChI is InChI=1S/C22H35N3O4/c1-4-11-22(17-9-12-24(13-10-17)19(26)8-7-16(2)3)20(27)25(21(28)23-22)15-18-6-5-14-29-18/h7-8,16-18H,4-6,9-15H2,1-3H3,(H,23,28)/b8-7+/t18-,22+/m1/s1. The predicted molar refractivity (Wildman–Crippen MR) is 110 cm³/mol. The molecule has 29 heavy (non-hydrogen) atoms. The third-order valence-electron chi connectivity index (χ3n) is 6.38. The van der Waals surface area contributed by atoms with Crippen molar-refractivity contribution in [2.45, 2.75) is 70.9 Å². The van der Waals surface area contributed by atoms with Gasteiger partial charge in [0.2, 0.25) is 5.91 Å². The first kappa shape index (κ1) is 21.8. The van der Waals surface area contributed by atoms with E-state index in [1.54, 1.807) is 6.08 Å². The molecule has 3 fully saturated rings. The lowest BCUT2D eigenvalue weighted by Crippen LogP contribution is -2.56. The smallest absolute Gasteiger partial charge is 0.325 e. The van der Waals surface area contributed by atoms with Crippen molar-refractivity contribution in [3.8, 4) is 0 Å². The number of rotatable bonds is 7. The SMILES string of the molecule is CCC[C@@]1(C2CCN(C(=O)/C=C/C(C)C)CC2)NC(=O)N(C[C@H]2CCCO2)C1=O. The van der Waals surface area contributed by atoms with E-state index in [9.17, 15) is 14.4 Å². The fourth-order valence-electron chi connectivity index (χ4n) is 4.82. The zero-order valence-electron chi connectivity index (χ0n) is 18.0. The van der Waals surface area contributed by atoms with E-state index < -0.39 is 5.54 Å². The minimum Gasteiger partial charge on any atom is -0.376 e. The summed E-state index contributed by atoms with van der Waals surface area (Å²) in [7, 11) is 0. The van der Waals surface area contributed by atoms with Crippen LogP contribution in [0.3, 0.4) is 0 Å². The number of piperidine rings is 1. The molecule has 7 nitrogen and oxygen atoms in total. The Morgan fingerprint density at radius 3 is 2.59 bits per heavy atom. The minimum absolute atomic E-state index is 0.0310. The monoisotopic (exact) mass is 405 g/mol. The molecule has 3 aliphatic rings. The second-order valence-corrected chi connectivity index (χ2v) is 8.90. The average molecular weight is 406 g/mol. The van der Waals surface area contributed by atoms with Crippen LogP contribution in [0, 0.1) is 11.8 Å². The van der Waals surface area contributed by atoms with E-state index in [2.05, 4.69) is 5.32 Å². The number of ether oxygens (including phenoxy) is 1. The van der Waals surface area contributed by atoms with Gasteiger partial charge in [-0.3, -0.25) is 14.5 Å². The van der Waals surface area contributed by atoms with Crippen LogP contribution in [0.5, 0.6) is 0 Å². The van der Waals surface area contributed by atoms with Crippen molar-refractivity contribution in [2.24, 2.45) is 11.8 Å². The molecule has 0 aromatic rings. The van der Waals surface area contributed by atoms with Gasteiger partial charge in [0, 0.05) is 19.7 Å². The Hall–Kier alpha value is -1.89. The number of carbonyl (C=O) groups is 3. The summed E-state index contributed by atoms with van der Waals surface area (Å²) in [5, 5.41) is 3.06. The number of hydrogen-bond donors (Lipinski definition) is 1. The van der Waals surface area contributed by atoms with Crippen LogP contribution >= 0.6 is 0 Å². The number of nitrogens with one attached hydrogen (secondary N) is 1.